The average molecular weight is 344 g/mol. The summed E-state index contributed by atoms with van der Waals surface area (Å²) in [6, 6.07) is 7.34. The molecule has 0 aliphatic rings. The highest BCUT2D eigenvalue weighted by atomic mass is 79.9. The fourth-order valence-electron chi connectivity index (χ4n) is 1.74. The van der Waals surface area contributed by atoms with Crippen molar-refractivity contribution < 1.29 is 4.79 Å². The molecule has 0 saturated carbocycles. The van der Waals surface area contributed by atoms with E-state index in [1.807, 2.05) is 13.8 Å². The Morgan fingerprint density at radius 1 is 1.53 bits per heavy atom. The lowest BCUT2D eigenvalue weighted by Crippen LogP contribution is -2.35. The van der Waals surface area contributed by atoms with Crippen LogP contribution in [-0.2, 0) is 0 Å². The average Bonchev–Trinajstić information content (AvgIpc) is 2.36. The molecule has 0 aromatic heterocycles. The standard InChI is InChI=1S/C14H16BrClN2O/c1-10(2)9-18(8-4-7-17)14(19)11-5-3-6-12(15)13(11)16/h3,5-6,10H,4,8-9H2,1-2H3. The van der Waals surface area contributed by atoms with E-state index in [4.69, 9.17) is 16.9 Å². The van der Waals surface area contributed by atoms with Crippen LogP contribution in [0.5, 0.6) is 0 Å². The number of hydrogen-bond donors (Lipinski definition) is 0. The monoisotopic (exact) mass is 342 g/mol. The van der Waals surface area contributed by atoms with Crippen molar-refractivity contribution in [3.8, 4) is 6.07 Å². The zero-order chi connectivity index (χ0) is 14.4. The minimum absolute atomic E-state index is 0.129. The number of carbonyl (C=O) groups is 1. The molecule has 1 amide bonds. The maximum Gasteiger partial charge on any atom is 0.255 e. The van der Waals surface area contributed by atoms with E-state index in [1.54, 1.807) is 23.1 Å². The lowest BCUT2D eigenvalue weighted by atomic mass is 10.1. The summed E-state index contributed by atoms with van der Waals surface area (Å²) >= 11 is 9.46. The number of benzene rings is 1. The maximum atomic E-state index is 12.5. The van der Waals surface area contributed by atoms with Gasteiger partial charge < -0.3 is 4.90 Å². The smallest absolute Gasteiger partial charge is 0.255 e. The molecule has 1 aromatic rings. The number of nitrogens with zero attached hydrogens (tertiary/aromatic N) is 2. The number of carbonyl (C=O) groups excluding carboxylic acids is 1. The zero-order valence-electron chi connectivity index (χ0n) is 11.0. The Balaban J connectivity index is 2.98. The van der Waals surface area contributed by atoms with Gasteiger partial charge in [0.25, 0.3) is 5.91 Å². The normalized spacial score (nSPS) is 10.3. The number of amides is 1. The summed E-state index contributed by atoms with van der Waals surface area (Å²) in [4.78, 5) is 14.2. The molecule has 102 valence electrons. The van der Waals surface area contributed by atoms with Crippen LogP contribution in [0, 0.1) is 17.2 Å². The van der Waals surface area contributed by atoms with E-state index in [0.717, 1.165) is 0 Å². The lowest BCUT2D eigenvalue weighted by molar-refractivity contribution is 0.0740. The van der Waals surface area contributed by atoms with E-state index in [1.165, 1.54) is 0 Å². The molecule has 0 radical (unpaired) electrons. The minimum Gasteiger partial charge on any atom is -0.337 e. The van der Waals surface area contributed by atoms with Gasteiger partial charge in [0.2, 0.25) is 0 Å². The van der Waals surface area contributed by atoms with Crippen molar-refractivity contribution in [2.45, 2.75) is 20.3 Å². The van der Waals surface area contributed by atoms with E-state index in [0.29, 0.717) is 40.5 Å². The van der Waals surface area contributed by atoms with Gasteiger partial charge in [-0.2, -0.15) is 5.26 Å². The molecule has 19 heavy (non-hydrogen) atoms. The van der Waals surface area contributed by atoms with Gasteiger partial charge >= 0.3 is 0 Å². The van der Waals surface area contributed by atoms with Crippen LogP contribution in [-0.4, -0.2) is 23.9 Å². The number of hydrogen-bond acceptors (Lipinski definition) is 2. The third-order valence-electron chi connectivity index (χ3n) is 2.55. The summed E-state index contributed by atoms with van der Waals surface area (Å²) in [5.41, 5.74) is 0.467. The molecule has 0 fully saturated rings. The Kier molecular flexibility index (Phi) is 6.33. The zero-order valence-corrected chi connectivity index (χ0v) is 13.3. The maximum absolute atomic E-state index is 12.5. The van der Waals surface area contributed by atoms with E-state index in [2.05, 4.69) is 22.0 Å². The Labute approximate surface area is 127 Å². The predicted molar refractivity (Wildman–Crippen MR) is 80.1 cm³/mol. The fraction of sp³-hybridized carbons (Fsp3) is 0.429. The van der Waals surface area contributed by atoms with Crippen molar-refractivity contribution in [3.63, 3.8) is 0 Å². The van der Waals surface area contributed by atoms with E-state index in [-0.39, 0.29) is 5.91 Å². The SMILES string of the molecule is CC(C)CN(CCC#N)C(=O)c1cccc(Br)c1Cl. The highest BCUT2D eigenvalue weighted by Gasteiger charge is 2.19. The molecular formula is C14H16BrClN2O. The van der Waals surface area contributed by atoms with Gasteiger partial charge in [0.05, 0.1) is 23.1 Å². The Morgan fingerprint density at radius 3 is 2.79 bits per heavy atom. The summed E-state index contributed by atoms with van der Waals surface area (Å²) in [7, 11) is 0. The molecule has 5 heteroatoms. The molecule has 0 atom stereocenters. The van der Waals surface area contributed by atoms with Crippen LogP contribution in [0.15, 0.2) is 22.7 Å². The quantitative estimate of drug-likeness (QED) is 0.807. The molecule has 1 aromatic carbocycles. The van der Waals surface area contributed by atoms with Crippen LogP contribution in [0.2, 0.25) is 5.02 Å². The van der Waals surface area contributed by atoms with E-state index < -0.39 is 0 Å². The van der Waals surface area contributed by atoms with E-state index >= 15 is 0 Å². The Morgan fingerprint density at radius 2 is 2.21 bits per heavy atom. The molecule has 3 nitrogen and oxygen atoms in total. The van der Waals surface area contributed by atoms with Crippen LogP contribution in [0.3, 0.4) is 0 Å². The van der Waals surface area contributed by atoms with Crippen LogP contribution in [0.4, 0.5) is 0 Å². The summed E-state index contributed by atoms with van der Waals surface area (Å²) in [6.07, 6.45) is 0.323. The first-order valence-corrected chi connectivity index (χ1v) is 7.24. The first kappa shape index (κ1) is 16.0. The van der Waals surface area contributed by atoms with Gasteiger partial charge in [-0.05, 0) is 34.0 Å². The number of rotatable bonds is 5. The van der Waals surface area contributed by atoms with Crippen molar-refractivity contribution in [3.05, 3.63) is 33.3 Å². The van der Waals surface area contributed by atoms with Gasteiger partial charge in [-0.25, -0.2) is 0 Å². The fourth-order valence-corrected chi connectivity index (χ4v) is 2.31. The van der Waals surface area contributed by atoms with E-state index in [9.17, 15) is 4.79 Å². The van der Waals surface area contributed by atoms with Crippen LogP contribution < -0.4 is 0 Å². The molecule has 0 bridgehead atoms. The summed E-state index contributed by atoms with van der Waals surface area (Å²) in [5, 5.41) is 9.09. The highest BCUT2D eigenvalue weighted by Crippen LogP contribution is 2.27. The molecule has 1 rings (SSSR count). The minimum atomic E-state index is -0.129. The van der Waals surface area contributed by atoms with Crippen LogP contribution in [0.25, 0.3) is 0 Å². The largest absolute Gasteiger partial charge is 0.337 e. The van der Waals surface area contributed by atoms with Crippen molar-refractivity contribution in [2.24, 2.45) is 5.92 Å². The van der Waals surface area contributed by atoms with Crippen LogP contribution >= 0.6 is 27.5 Å². The summed E-state index contributed by atoms with van der Waals surface area (Å²) in [5.74, 6) is 0.212. The van der Waals surface area contributed by atoms with Gasteiger partial charge in [0, 0.05) is 17.6 Å². The third kappa shape index (κ3) is 4.52. The van der Waals surface area contributed by atoms with Crippen molar-refractivity contribution in [1.29, 1.82) is 5.26 Å². The van der Waals surface area contributed by atoms with Crippen molar-refractivity contribution in [2.75, 3.05) is 13.1 Å². The molecule has 0 aliphatic heterocycles. The van der Waals surface area contributed by atoms with Gasteiger partial charge in [-0.3, -0.25) is 4.79 Å². The Hall–Kier alpha value is -1.05. The topological polar surface area (TPSA) is 44.1 Å². The molecule has 0 aliphatic carbocycles. The lowest BCUT2D eigenvalue weighted by Gasteiger charge is -2.24. The van der Waals surface area contributed by atoms with Crippen LogP contribution in [0.1, 0.15) is 30.6 Å². The number of halogens is 2. The molecule has 0 heterocycles. The Bertz CT molecular complexity index is 497. The molecule has 0 unspecified atom stereocenters. The van der Waals surface area contributed by atoms with Gasteiger partial charge in [0.15, 0.2) is 0 Å². The second kappa shape index (κ2) is 7.52. The second-order valence-electron chi connectivity index (χ2n) is 4.65. The summed E-state index contributed by atoms with van der Waals surface area (Å²) in [6.45, 7) is 5.12. The highest BCUT2D eigenvalue weighted by molar-refractivity contribution is 9.10. The third-order valence-corrected chi connectivity index (χ3v) is 3.84. The predicted octanol–water partition coefficient (Wildman–Crippen LogP) is 4.11. The molecule has 0 saturated heterocycles. The van der Waals surface area contributed by atoms with Gasteiger partial charge in [-0.1, -0.05) is 31.5 Å². The first-order valence-electron chi connectivity index (χ1n) is 6.07. The first-order chi connectivity index (χ1) is 8.97. The van der Waals surface area contributed by atoms with Crippen molar-refractivity contribution in [1.82, 2.24) is 4.90 Å². The molecular weight excluding hydrogens is 328 g/mol. The van der Waals surface area contributed by atoms with Gasteiger partial charge in [0.1, 0.15) is 0 Å². The second-order valence-corrected chi connectivity index (χ2v) is 5.89. The van der Waals surface area contributed by atoms with Gasteiger partial charge in [-0.15, -0.1) is 0 Å². The number of nitriles is 1. The molecule has 0 N–H and O–H groups in total. The molecule has 0 spiro atoms. The summed E-state index contributed by atoms with van der Waals surface area (Å²) < 4.78 is 0.699. The van der Waals surface area contributed by atoms with Crippen molar-refractivity contribution >= 4 is 33.4 Å².